The summed E-state index contributed by atoms with van der Waals surface area (Å²) >= 11 is 0. The van der Waals surface area contributed by atoms with E-state index < -0.39 is 63.7 Å². The largest absolute Gasteiger partial charge is 0.481 e. The van der Waals surface area contributed by atoms with Crippen LogP contribution >= 0.6 is 7.82 Å². The Balaban J connectivity index is 0.935. The Labute approximate surface area is 394 Å². The number of carbonyl (C=O) groups excluding carboxylic acids is 1. The van der Waals surface area contributed by atoms with Crippen LogP contribution in [0.25, 0.3) is 5.57 Å². The summed E-state index contributed by atoms with van der Waals surface area (Å²) in [5, 5.41) is 22.0. The molecule has 0 aromatic heterocycles. The summed E-state index contributed by atoms with van der Waals surface area (Å²) in [6.45, 7) is 4.56. The van der Waals surface area contributed by atoms with Crippen LogP contribution in [-0.4, -0.2) is 113 Å². The van der Waals surface area contributed by atoms with E-state index in [-0.39, 0.29) is 62.1 Å². The van der Waals surface area contributed by atoms with E-state index in [0.29, 0.717) is 53.7 Å². The van der Waals surface area contributed by atoms with E-state index in [9.17, 15) is 45.2 Å². The molecule has 68 heavy (non-hydrogen) atoms. The van der Waals surface area contributed by atoms with Crippen molar-refractivity contribution in [1.29, 1.82) is 0 Å². The predicted molar refractivity (Wildman–Crippen MR) is 246 cm³/mol. The number of ether oxygens (including phenoxy) is 2. The summed E-state index contributed by atoms with van der Waals surface area (Å²) in [6, 6.07) is 7.85. The summed E-state index contributed by atoms with van der Waals surface area (Å²) in [6.07, 6.45) is 3.79. The van der Waals surface area contributed by atoms with Crippen molar-refractivity contribution in [1.82, 2.24) is 10.0 Å². The highest BCUT2D eigenvalue weighted by molar-refractivity contribution is 7.89. The number of sulfonamides is 1. The summed E-state index contributed by atoms with van der Waals surface area (Å²) in [5.74, 6) is -1.97. The topological polar surface area (TPSA) is 294 Å². The molecule has 7 rings (SSSR count). The zero-order chi connectivity index (χ0) is 48.8. The zero-order valence-corrected chi connectivity index (χ0v) is 40.2. The first-order valence-corrected chi connectivity index (χ1v) is 27.2. The molecule has 0 bridgehead atoms. The number of nitrogens with one attached hydrogen (secondary N) is 2. The highest BCUT2D eigenvalue weighted by Crippen LogP contribution is 2.49. The number of phosphoric acid groups is 1. The number of fused-ring (bicyclic) bond motifs is 4. The van der Waals surface area contributed by atoms with Gasteiger partial charge in [-0.05, 0) is 107 Å². The van der Waals surface area contributed by atoms with Gasteiger partial charge in [0, 0.05) is 90.9 Å². The van der Waals surface area contributed by atoms with Crippen molar-refractivity contribution in [3.8, 4) is 11.5 Å². The van der Waals surface area contributed by atoms with E-state index in [1.54, 1.807) is 0 Å². The molecular formula is C45H57N4O16PS2. The van der Waals surface area contributed by atoms with Crippen LogP contribution in [0, 0.1) is 6.92 Å². The summed E-state index contributed by atoms with van der Waals surface area (Å²) in [7, 11) is -14.0. The van der Waals surface area contributed by atoms with Gasteiger partial charge >= 0.3 is 19.8 Å². The van der Waals surface area contributed by atoms with Crippen molar-refractivity contribution < 1.29 is 74.0 Å². The third-order valence-electron chi connectivity index (χ3n) is 12.2. The van der Waals surface area contributed by atoms with Gasteiger partial charge in [0.05, 0.1) is 23.5 Å². The number of hydrogen-bond acceptors (Lipinski definition) is 14. The molecule has 4 aliphatic heterocycles. The number of rotatable bonds is 24. The average molecular weight is 1010 g/mol. The van der Waals surface area contributed by atoms with Crippen LogP contribution in [0.15, 0.2) is 45.1 Å². The average Bonchev–Trinajstić information content (AvgIpc) is 3.29. The maximum atomic E-state index is 13.6. The molecule has 0 saturated carbocycles. The molecule has 2 unspecified atom stereocenters. The number of benzene rings is 3. The number of anilines is 1. The maximum absolute atomic E-state index is 13.6. The van der Waals surface area contributed by atoms with Crippen molar-refractivity contribution in [2.24, 2.45) is 4.99 Å². The lowest BCUT2D eigenvalue weighted by Crippen LogP contribution is -2.35. The molecule has 2 atom stereocenters. The molecule has 370 valence electrons. The van der Waals surface area contributed by atoms with Crippen LogP contribution in [0.1, 0.15) is 97.6 Å². The number of carbonyl (C=O) groups is 3. The van der Waals surface area contributed by atoms with Crippen LogP contribution in [0.3, 0.4) is 0 Å². The molecule has 3 aromatic rings. The number of aryl methyl sites for hydroxylation is 2. The van der Waals surface area contributed by atoms with Crippen LogP contribution in [-0.2, 0) is 72.1 Å². The number of phosphoric ester groups is 1. The minimum absolute atomic E-state index is 0.00298. The molecule has 4 aliphatic rings. The zero-order valence-electron chi connectivity index (χ0n) is 37.7. The van der Waals surface area contributed by atoms with Gasteiger partial charge in [-0.2, -0.15) is 8.42 Å². The smallest absolute Gasteiger partial charge is 0.473 e. The second kappa shape index (κ2) is 21.9. The van der Waals surface area contributed by atoms with E-state index in [0.717, 1.165) is 85.3 Å². The molecule has 0 radical (unpaired) electrons. The predicted octanol–water partition coefficient (Wildman–Crippen LogP) is 3.67. The quantitative estimate of drug-likeness (QED) is 0.0332. The number of hydrogen-bond donors (Lipinski definition) is 6. The number of carboxylic acids is 2. The standard InChI is InChI=1S/C45H57N4O16PS2/c1-28-41-29(9-5-17-47-41)25-34-40(35-26-30-10-6-20-49-21-7-11-33(42(30)49)44(35)64-43(28)34)32-14-13-31(27-37(32)68(59,60)61)67(57,58)48-18-4-2-3-12-38(50)46-19-24-62-22-8-23-63-66(55,56)65-36(45(53)54)15-16-39(51)52/h13-14,25-27,36,48H,2-12,15-24H2,1H3,(H,46,50)(H,51,52)(H,53,54)(H,55,56)(H,59,60,61). The first-order valence-electron chi connectivity index (χ1n) is 22.7. The summed E-state index contributed by atoms with van der Waals surface area (Å²) in [4.78, 5) is 50.3. The fourth-order valence-corrected chi connectivity index (χ4v) is 12.0. The Morgan fingerprint density at radius 3 is 2.40 bits per heavy atom. The van der Waals surface area contributed by atoms with E-state index in [1.807, 2.05) is 13.0 Å². The van der Waals surface area contributed by atoms with E-state index in [1.165, 1.54) is 17.8 Å². The Morgan fingerprint density at radius 1 is 0.882 bits per heavy atom. The molecular weight excluding hydrogens is 948 g/mol. The molecule has 0 saturated heterocycles. The maximum Gasteiger partial charge on any atom is 0.473 e. The summed E-state index contributed by atoms with van der Waals surface area (Å²) in [5.41, 5.74) is 6.60. The fraction of sp³-hybridized carbons (Fsp3) is 0.511. The molecule has 6 N–H and O–H groups in total. The number of aliphatic carboxylic acids is 2. The number of unbranched alkanes of at least 4 members (excludes halogenated alkanes) is 2. The van der Waals surface area contributed by atoms with E-state index in [2.05, 4.69) is 25.5 Å². The van der Waals surface area contributed by atoms with Gasteiger partial charge in [-0.3, -0.25) is 28.2 Å². The number of nitrogens with zero attached hydrogens (tertiary/aromatic N) is 2. The highest BCUT2D eigenvalue weighted by Gasteiger charge is 2.36. The van der Waals surface area contributed by atoms with Gasteiger partial charge in [-0.15, -0.1) is 0 Å². The third-order valence-corrected chi connectivity index (χ3v) is 15.6. The molecule has 23 heteroatoms. The minimum atomic E-state index is -4.98. The van der Waals surface area contributed by atoms with Gasteiger partial charge in [0.1, 0.15) is 16.4 Å². The van der Waals surface area contributed by atoms with Crippen molar-refractivity contribution in [3.63, 3.8) is 0 Å². The monoisotopic (exact) mass is 1000 g/mol. The molecule has 1 amide bonds. The normalized spacial score (nSPS) is 16.5. The van der Waals surface area contributed by atoms with Gasteiger partial charge < -0.3 is 34.8 Å². The molecule has 4 heterocycles. The van der Waals surface area contributed by atoms with Crippen molar-refractivity contribution in [3.05, 3.63) is 74.3 Å². The van der Waals surface area contributed by atoms with Gasteiger partial charge in [0.25, 0.3) is 10.1 Å². The Bertz CT molecular complexity index is 2860. The summed E-state index contributed by atoms with van der Waals surface area (Å²) < 4.78 is 101. The SMILES string of the molecule is Cc1c2c(cc3c1=NCCC3)=C(c1ccc(S(=O)(=O)NCCCCCC(=O)NCCOCCCOP(=O)(O)OC(CCC(=O)O)C(=O)O)cc1S(=O)(=O)O)c1cc3c4c(c1O2)CCCN4CCC3. The van der Waals surface area contributed by atoms with Gasteiger partial charge in [-0.25, -0.2) is 22.5 Å². The molecule has 0 fully saturated rings. The Morgan fingerprint density at radius 2 is 1.65 bits per heavy atom. The molecule has 3 aromatic carbocycles. The Hall–Kier alpha value is -4.77. The van der Waals surface area contributed by atoms with Gasteiger partial charge in [-0.1, -0.05) is 12.5 Å². The lowest BCUT2D eigenvalue weighted by Gasteiger charge is -2.39. The van der Waals surface area contributed by atoms with Gasteiger partial charge in [0.15, 0.2) is 6.10 Å². The van der Waals surface area contributed by atoms with Crippen molar-refractivity contribution >= 4 is 57.1 Å². The van der Waals surface area contributed by atoms with E-state index >= 15 is 0 Å². The van der Waals surface area contributed by atoms with E-state index in [4.69, 9.17) is 29.2 Å². The van der Waals surface area contributed by atoms with Crippen molar-refractivity contribution in [2.45, 2.75) is 106 Å². The van der Waals surface area contributed by atoms with Crippen LogP contribution in [0.5, 0.6) is 11.5 Å². The highest BCUT2D eigenvalue weighted by atomic mass is 32.2. The molecule has 0 spiro atoms. The number of carboxylic acid groups (broad SMARTS) is 2. The van der Waals surface area contributed by atoms with Gasteiger partial charge in [0.2, 0.25) is 15.9 Å². The van der Waals surface area contributed by atoms with Crippen LogP contribution in [0.4, 0.5) is 5.69 Å². The second-order valence-corrected chi connectivity index (χ2v) is 21.7. The molecule has 20 nitrogen and oxygen atoms in total. The fourth-order valence-electron chi connectivity index (χ4n) is 9.15. The third kappa shape index (κ3) is 12.1. The van der Waals surface area contributed by atoms with Crippen LogP contribution in [0.2, 0.25) is 0 Å². The minimum Gasteiger partial charge on any atom is -0.481 e. The number of amides is 1. The molecule has 0 aliphatic carbocycles. The lowest BCUT2D eigenvalue weighted by molar-refractivity contribution is -0.147. The van der Waals surface area contributed by atoms with Crippen molar-refractivity contribution in [2.75, 3.05) is 57.4 Å². The first-order chi connectivity index (χ1) is 32.3. The second-order valence-electron chi connectivity index (χ2n) is 17.1. The first kappa shape index (κ1) is 51.1. The lowest BCUT2D eigenvalue weighted by atomic mass is 9.83. The Kier molecular flexibility index (Phi) is 16.4. The van der Waals surface area contributed by atoms with Crippen LogP contribution < -0.4 is 30.3 Å².